The molecule has 110 valence electrons. The van der Waals surface area contributed by atoms with Crippen LogP contribution in [0.25, 0.3) is 27.7 Å². The molecule has 0 saturated carbocycles. The van der Waals surface area contributed by atoms with Crippen LogP contribution in [0.1, 0.15) is 0 Å². The molecule has 0 unspecified atom stereocenters. The van der Waals surface area contributed by atoms with Crippen molar-refractivity contribution >= 4 is 28.2 Å². The Balaban J connectivity index is 2.01. The van der Waals surface area contributed by atoms with Crippen LogP contribution in [0, 0.1) is 0 Å². The quantitative estimate of drug-likeness (QED) is 0.568. The zero-order valence-corrected chi connectivity index (χ0v) is 12.6. The van der Waals surface area contributed by atoms with Crippen LogP contribution in [0.15, 0.2) is 30.5 Å². The second-order valence-corrected chi connectivity index (χ2v) is 5.17. The lowest BCUT2D eigenvalue weighted by Crippen LogP contribution is -1.98. The number of hydrogen-bond acceptors (Lipinski definition) is 5. The average Bonchev–Trinajstić information content (AvgIpc) is 3.10. The molecule has 0 radical (unpaired) electrons. The molecule has 22 heavy (non-hydrogen) atoms. The molecular weight excluding hydrogens is 304 g/mol. The highest BCUT2D eigenvalue weighted by Gasteiger charge is 2.15. The number of nitrogens with zero attached hydrogens (tertiary/aromatic N) is 6. The van der Waals surface area contributed by atoms with Gasteiger partial charge in [-0.25, -0.2) is 9.20 Å². The normalized spacial score (nSPS) is 11.4. The molecule has 0 saturated heterocycles. The molecule has 4 rings (SSSR count). The van der Waals surface area contributed by atoms with E-state index in [0.29, 0.717) is 5.88 Å². The summed E-state index contributed by atoms with van der Waals surface area (Å²) in [5, 5.41) is 12.4. The summed E-state index contributed by atoms with van der Waals surface area (Å²) in [4.78, 5) is 4.13. The first-order valence-electron chi connectivity index (χ1n) is 6.56. The van der Waals surface area contributed by atoms with E-state index in [0.717, 1.165) is 27.7 Å². The molecule has 0 aliphatic heterocycles. The standard InChI is InChI=1S/C14H11ClN6O/c1-20-11-7-8(3-4-10(11)17-19-20)9-5-6-21-12(9)13(22-2)16-14(15)18-21/h3-7H,1-2H3. The number of hydrogen-bond donors (Lipinski definition) is 0. The predicted molar refractivity (Wildman–Crippen MR) is 82.1 cm³/mol. The lowest BCUT2D eigenvalue weighted by atomic mass is 10.1. The minimum atomic E-state index is 0.137. The Kier molecular flexibility index (Phi) is 2.77. The number of aryl methyl sites for hydroxylation is 1. The molecule has 4 aromatic rings. The van der Waals surface area contributed by atoms with Crippen LogP contribution < -0.4 is 4.74 Å². The third kappa shape index (κ3) is 1.82. The molecule has 0 fully saturated rings. The lowest BCUT2D eigenvalue weighted by Gasteiger charge is -2.06. The largest absolute Gasteiger partial charge is 0.479 e. The zero-order chi connectivity index (χ0) is 15.3. The van der Waals surface area contributed by atoms with Crippen molar-refractivity contribution in [1.82, 2.24) is 29.6 Å². The number of fused-ring (bicyclic) bond motifs is 2. The summed E-state index contributed by atoms with van der Waals surface area (Å²) in [5.74, 6) is 0.434. The lowest BCUT2D eigenvalue weighted by molar-refractivity contribution is 0.399. The highest BCUT2D eigenvalue weighted by Crippen LogP contribution is 2.32. The summed E-state index contributed by atoms with van der Waals surface area (Å²) in [5.41, 5.74) is 4.52. The van der Waals surface area contributed by atoms with Crippen LogP contribution >= 0.6 is 11.6 Å². The fourth-order valence-electron chi connectivity index (χ4n) is 2.54. The van der Waals surface area contributed by atoms with E-state index in [2.05, 4.69) is 20.4 Å². The molecule has 7 nitrogen and oxygen atoms in total. The van der Waals surface area contributed by atoms with Crippen LogP contribution in [0.4, 0.5) is 0 Å². The molecule has 0 aliphatic carbocycles. The first kappa shape index (κ1) is 13.0. The van der Waals surface area contributed by atoms with Crippen LogP contribution in [0.3, 0.4) is 0 Å². The molecule has 0 atom stereocenters. The van der Waals surface area contributed by atoms with Gasteiger partial charge in [0.2, 0.25) is 11.2 Å². The molecule has 0 amide bonds. The Morgan fingerprint density at radius 3 is 2.91 bits per heavy atom. The molecule has 3 aromatic heterocycles. The number of benzene rings is 1. The Morgan fingerprint density at radius 2 is 2.09 bits per heavy atom. The van der Waals surface area contributed by atoms with Gasteiger partial charge in [0.1, 0.15) is 11.0 Å². The summed E-state index contributed by atoms with van der Waals surface area (Å²) in [6.45, 7) is 0. The molecule has 0 spiro atoms. The van der Waals surface area contributed by atoms with E-state index in [1.807, 2.05) is 37.5 Å². The van der Waals surface area contributed by atoms with E-state index in [4.69, 9.17) is 16.3 Å². The van der Waals surface area contributed by atoms with Gasteiger partial charge in [0.25, 0.3) is 0 Å². The molecule has 0 N–H and O–H groups in total. The molecule has 1 aromatic carbocycles. The SMILES string of the molecule is COc1nc(Cl)nn2ccc(-c3ccc4nnn(C)c4c3)c12. The van der Waals surface area contributed by atoms with Gasteiger partial charge >= 0.3 is 0 Å². The van der Waals surface area contributed by atoms with Gasteiger partial charge in [-0.1, -0.05) is 11.3 Å². The van der Waals surface area contributed by atoms with E-state index in [9.17, 15) is 0 Å². The number of methoxy groups -OCH3 is 1. The highest BCUT2D eigenvalue weighted by atomic mass is 35.5. The number of halogens is 1. The Labute approximate surface area is 130 Å². The van der Waals surface area contributed by atoms with E-state index in [1.165, 1.54) is 0 Å². The summed E-state index contributed by atoms with van der Waals surface area (Å²) in [7, 11) is 3.42. The molecule has 0 aliphatic rings. The molecular formula is C14H11ClN6O. The minimum Gasteiger partial charge on any atom is -0.479 e. The maximum Gasteiger partial charge on any atom is 0.244 e. The van der Waals surface area contributed by atoms with Gasteiger partial charge in [0.05, 0.1) is 12.6 Å². The third-order valence-electron chi connectivity index (χ3n) is 3.57. The minimum absolute atomic E-state index is 0.137. The van der Waals surface area contributed by atoms with Crippen LogP contribution in [0.2, 0.25) is 5.28 Å². The van der Waals surface area contributed by atoms with E-state index < -0.39 is 0 Å². The highest BCUT2D eigenvalue weighted by molar-refractivity contribution is 6.28. The summed E-state index contributed by atoms with van der Waals surface area (Å²) in [6, 6.07) is 7.90. The van der Waals surface area contributed by atoms with Crippen LogP contribution in [-0.4, -0.2) is 36.7 Å². The van der Waals surface area contributed by atoms with Gasteiger partial charge in [-0.2, -0.15) is 4.98 Å². The number of ether oxygens (including phenoxy) is 1. The average molecular weight is 315 g/mol. The predicted octanol–water partition coefficient (Wildman–Crippen LogP) is 2.34. The van der Waals surface area contributed by atoms with Gasteiger partial charge in [0.15, 0.2) is 0 Å². The maximum absolute atomic E-state index is 5.90. The van der Waals surface area contributed by atoms with Gasteiger partial charge < -0.3 is 4.74 Å². The first-order valence-corrected chi connectivity index (χ1v) is 6.94. The second kappa shape index (κ2) is 4.67. The summed E-state index contributed by atoms with van der Waals surface area (Å²) in [6.07, 6.45) is 1.83. The second-order valence-electron chi connectivity index (χ2n) is 4.83. The van der Waals surface area contributed by atoms with Gasteiger partial charge in [-0.05, 0) is 35.4 Å². The Bertz CT molecular complexity index is 1010. The molecule has 3 heterocycles. The van der Waals surface area contributed by atoms with Crippen molar-refractivity contribution in [2.75, 3.05) is 7.11 Å². The summed E-state index contributed by atoms with van der Waals surface area (Å²) < 4.78 is 8.74. The monoisotopic (exact) mass is 314 g/mol. The van der Waals surface area contributed by atoms with Crippen molar-refractivity contribution in [3.63, 3.8) is 0 Å². The van der Waals surface area contributed by atoms with E-state index >= 15 is 0 Å². The number of aromatic nitrogens is 6. The van der Waals surface area contributed by atoms with Gasteiger partial charge in [0, 0.05) is 18.8 Å². The summed E-state index contributed by atoms with van der Waals surface area (Å²) >= 11 is 5.90. The topological polar surface area (TPSA) is 70.1 Å². The van der Waals surface area contributed by atoms with Gasteiger partial charge in [-0.15, -0.1) is 10.2 Å². The molecule has 0 bridgehead atoms. The third-order valence-corrected chi connectivity index (χ3v) is 3.73. The van der Waals surface area contributed by atoms with E-state index in [1.54, 1.807) is 16.3 Å². The van der Waals surface area contributed by atoms with E-state index in [-0.39, 0.29) is 5.28 Å². The van der Waals surface area contributed by atoms with Crippen molar-refractivity contribution in [3.05, 3.63) is 35.7 Å². The number of rotatable bonds is 2. The van der Waals surface area contributed by atoms with Crippen molar-refractivity contribution in [2.45, 2.75) is 0 Å². The van der Waals surface area contributed by atoms with Gasteiger partial charge in [-0.3, -0.25) is 0 Å². The van der Waals surface area contributed by atoms with Crippen molar-refractivity contribution in [1.29, 1.82) is 0 Å². The fourth-order valence-corrected chi connectivity index (χ4v) is 2.70. The van der Waals surface area contributed by atoms with Crippen molar-refractivity contribution in [2.24, 2.45) is 7.05 Å². The Hall–Kier alpha value is -2.67. The van der Waals surface area contributed by atoms with Crippen molar-refractivity contribution in [3.8, 4) is 17.0 Å². The maximum atomic E-state index is 5.90. The first-order chi connectivity index (χ1) is 10.7. The smallest absolute Gasteiger partial charge is 0.244 e. The fraction of sp³-hybridized carbons (Fsp3) is 0.143. The zero-order valence-electron chi connectivity index (χ0n) is 11.9. The van der Waals surface area contributed by atoms with Crippen molar-refractivity contribution < 1.29 is 4.74 Å². The Morgan fingerprint density at radius 1 is 1.23 bits per heavy atom. The van der Waals surface area contributed by atoms with Crippen LogP contribution in [-0.2, 0) is 7.05 Å². The molecule has 8 heteroatoms. The van der Waals surface area contributed by atoms with Crippen LogP contribution in [0.5, 0.6) is 5.88 Å².